The van der Waals surface area contributed by atoms with Crippen molar-refractivity contribution in [2.75, 3.05) is 12.9 Å². The summed E-state index contributed by atoms with van der Waals surface area (Å²) in [6, 6.07) is 17.4. The molecule has 0 saturated carbocycles. The van der Waals surface area contributed by atoms with Crippen LogP contribution in [0.1, 0.15) is 22.2 Å². The fourth-order valence-corrected chi connectivity index (χ4v) is 4.36. The highest BCUT2D eigenvalue weighted by molar-refractivity contribution is 7.99. The Morgan fingerprint density at radius 3 is 2.50 bits per heavy atom. The molecule has 6 atom stereocenters. The minimum Gasteiger partial charge on any atom is -0.455 e. The van der Waals surface area contributed by atoms with E-state index in [-0.39, 0.29) is 6.61 Å². The van der Waals surface area contributed by atoms with Gasteiger partial charge in [-0.05, 0) is 23.9 Å². The molecule has 0 bridgehead atoms. The van der Waals surface area contributed by atoms with Gasteiger partial charge in [0.15, 0.2) is 6.29 Å². The maximum absolute atomic E-state index is 12.8. The number of fused-ring (bicyclic) bond motifs is 1. The molecule has 4 unspecified atom stereocenters. The van der Waals surface area contributed by atoms with E-state index in [1.165, 1.54) is 11.8 Å². The zero-order valence-electron chi connectivity index (χ0n) is 16.2. The van der Waals surface area contributed by atoms with Crippen molar-refractivity contribution in [3.63, 3.8) is 0 Å². The third-order valence-electron chi connectivity index (χ3n) is 5.05. The molecule has 2 aromatic carbocycles. The van der Waals surface area contributed by atoms with Crippen molar-refractivity contribution >= 4 is 17.7 Å². The van der Waals surface area contributed by atoms with Crippen LogP contribution in [0.25, 0.3) is 10.4 Å². The van der Waals surface area contributed by atoms with Crippen LogP contribution in [0.15, 0.2) is 65.8 Å². The maximum atomic E-state index is 12.8. The van der Waals surface area contributed by atoms with E-state index >= 15 is 0 Å². The number of thioether (sulfide) groups is 1. The van der Waals surface area contributed by atoms with E-state index in [4.69, 9.17) is 24.5 Å². The van der Waals surface area contributed by atoms with Gasteiger partial charge in [0, 0.05) is 10.5 Å². The summed E-state index contributed by atoms with van der Waals surface area (Å²) in [5.41, 5.74) is 9.88. The molecule has 156 valence electrons. The number of rotatable bonds is 5. The number of esters is 1. The molecule has 2 aliphatic rings. The highest BCUT2D eigenvalue weighted by Gasteiger charge is 2.51. The second-order valence-corrected chi connectivity index (χ2v) is 7.82. The first-order chi connectivity index (χ1) is 14.7. The van der Waals surface area contributed by atoms with Gasteiger partial charge in [0.1, 0.15) is 29.8 Å². The smallest absolute Gasteiger partial charge is 0.338 e. The van der Waals surface area contributed by atoms with Gasteiger partial charge < -0.3 is 18.9 Å². The third kappa shape index (κ3) is 4.30. The number of carbonyl (C=O) groups excluding carboxylic acids is 1. The van der Waals surface area contributed by atoms with Crippen LogP contribution in [-0.2, 0) is 18.9 Å². The van der Waals surface area contributed by atoms with Crippen molar-refractivity contribution in [2.45, 2.75) is 36.1 Å². The lowest BCUT2D eigenvalue weighted by Gasteiger charge is -2.47. The van der Waals surface area contributed by atoms with E-state index < -0.39 is 42.0 Å². The Kier molecular flexibility index (Phi) is 6.56. The monoisotopic (exact) mass is 427 g/mol. The van der Waals surface area contributed by atoms with Crippen LogP contribution in [0.3, 0.4) is 0 Å². The molecule has 4 rings (SSSR count). The third-order valence-corrected chi connectivity index (χ3v) is 5.90. The molecular formula is C21H21N3O5S. The van der Waals surface area contributed by atoms with Crippen LogP contribution in [-0.4, -0.2) is 48.6 Å². The Bertz CT molecular complexity index is 909. The molecule has 0 N–H and O–H groups in total. The van der Waals surface area contributed by atoms with Gasteiger partial charge in [-0.2, -0.15) is 0 Å². The molecule has 30 heavy (non-hydrogen) atoms. The van der Waals surface area contributed by atoms with Crippen LogP contribution >= 0.6 is 11.8 Å². The first-order valence-corrected chi connectivity index (χ1v) is 10.8. The van der Waals surface area contributed by atoms with E-state index in [0.29, 0.717) is 5.56 Å². The lowest BCUT2D eigenvalue weighted by molar-refractivity contribution is -0.304. The number of hydrogen-bond acceptors (Lipinski definition) is 7. The van der Waals surface area contributed by atoms with E-state index in [1.54, 1.807) is 24.3 Å². The van der Waals surface area contributed by atoms with Crippen LogP contribution in [0.4, 0.5) is 0 Å². The molecule has 2 fully saturated rings. The van der Waals surface area contributed by atoms with Crippen LogP contribution in [0.5, 0.6) is 0 Å². The minimum absolute atomic E-state index is 0.268. The zero-order valence-corrected chi connectivity index (χ0v) is 17.1. The van der Waals surface area contributed by atoms with Crippen molar-refractivity contribution < 1.29 is 23.7 Å². The summed E-state index contributed by atoms with van der Waals surface area (Å²) >= 11 is 1.38. The van der Waals surface area contributed by atoms with Crippen molar-refractivity contribution in [3.8, 4) is 0 Å². The minimum atomic E-state index is -0.820. The highest BCUT2D eigenvalue weighted by Crippen LogP contribution is 2.38. The number of nitrogens with zero attached hydrogens (tertiary/aromatic N) is 3. The molecule has 2 heterocycles. The van der Waals surface area contributed by atoms with Crippen LogP contribution in [0.2, 0.25) is 0 Å². The van der Waals surface area contributed by atoms with Crippen molar-refractivity contribution in [2.24, 2.45) is 5.11 Å². The summed E-state index contributed by atoms with van der Waals surface area (Å²) < 4.78 is 24.0. The SMILES string of the molecule is CS[C@@H]1OC2COC(c3ccccc3)O[C@H]2C(OC(=O)c2ccccc2)C1N=[N+]=[N-]. The summed E-state index contributed by atoms with van der Waals surface area (Å²) in [5, 5.41) is 3.89. The fourth-order valence-electron chi connectivity index (χ4n) is 3.62. The van der Waals surface area contributed by atoms with Gasteiger partial charge >= 0.3 is 5.97 Å². The lowest BCUT2D eigenvalue weighted by Crippen LogP contribution is -2.61. The predicted octanol–water partition coefficient (Wildman–Crippen LogP) is 4.09. The zero-order chi connectivity index (χ0) is 20.9. The van der Waals surface area contributed by atoms with Gasteiger partial charge in [0.05, 0.1) is 12.2 Å². The number of azide groups is 1. The standard InChI is InChI=1S/C21H21N3O5S/c1-30-21-16(23-24-22)18(28-19(25)13-8-4-2-5-9-13)17-15(27-21)12-26-20(29-17)14-10-6-3-7-11-14/h2-11,15-18,20-21H,12H2,1H3/t15?,16?,17-,18?,20?,21+/m1/s1. The average Bonchev–Trinajstić information content (AvgIpc) is 2.81. The number of carbonyl (C=O) groups is 1. The number of ether oxygens (including phenoxy) is 4. The quantitative estimate of drug-likeness (QED) is 0.308. The van der Waals surface area contributed by atoms with Gasteiger partial charge in [0.25, 0.3) is 0 Å². The molecule has 2 aromatic rings. The van der Waals surface area contributed by atoms with Crippen molar-refractivity contribution in [1.29, 1.82) is 0 Å². The molecule has 0 aromatic heterocycles. The Morgan fingerprint density at radius 2 is 1.83 bits per heavy atom. The van der Waals surface area contributed by atoms with E-state index in [2.05, 4.69) is 10.0 Å². The summed E-state index contributed by atoms with van der Waals surface area (Å²) in [6.45, 7) is 0.268. The van der Waals surface area contributed by atoms with E-state index in [9.17, 15) is 4.79 Å². The van der Waals surface area contributed by atoms with E-state index in [0.717, 1.165) is 5.56 Å². The van der Waals surface area contributed by atoms with Gasteiger partial charge in [0.2, 0.25) is 0 Å². The molecule has 8 nitrogen and oxygen atoms in total. The summed E-state index contributed by atoms with van der Waals surface area (Å²) in [5.74, 6) is -0.509. The van der Waals surface area contributed by atoms with Crippen LogP contribution in [0, 0.1) is 0 Å². The first kappa shape index (κ1) is 20.7. The average molecular weight is 427 g/mol. The molecule has 0 amide bonds. The molecule has 0 spiro atoms. The molecule has 0 aliphatic carbocycles. The predicted molar refractivity (Wildman–Crippen MR) is 111 cm³/mol. The van der Waals surface area contributed by atoms with Gasteiger partial charge in [-0.15, -0.1) is 11.8 Å². The normalized spacial score (nSPS) is 30.6. The highest BCUT2D eigenvalue weighted by atomic mass is 32.2. The Morgan fingerprint density at radius 1 is 1.13 bits per heavy atom. The van der Waals surface area contributed by atoms with Gasteiger partial charge in [-0.3, -0.25) is 0 Å². The Balaban J connectivity index is 1.63. The lowest BCUT2D eigenvalue weighted by atomic mass is 9.97. The number of benzene rings is 2. The Labute approximate surface area is 178 Å². The Hall–Kier alpha value is -2.55. The largest absolute Gasteiger partial charge is 0.455 e. The molecule has 2 saturated heterocycles. The molecule has 9 heteroatoms. The van der Waals surface area contributed by atoms with Crippen LogP contribution < -0.4 is 0 Å². The van der Waals surface area contributed by atoms with Gasteiger partial charge in [-0.1, -0.05) is 53.6 Å². The summed E-state index contributed by atoms with van der Waals surface area (Å²) in [7, 11) is 0. The topological polar surface area (TPSA) is 103 Å². The first-order valence-electron chi connectivity index (χ1n) is 9.51. The molecule has 0 radical (unpaired) electrons. The second kappa shape index (κ2) is 9.51. The maximum Gasteiger partial charge on any atom is 0.338 e. The molecular weight excluding hydrogens is 406 g/mol. The van der Waals surface area contributed by atoms with Crippen molar-refractivity contribution in [3.05, 3.63) is 82.2 Å². The fraction of sp³-hybridized carbons (Fsp3) is 0.381. The number of hydrogen-bond donors (Lipinski definition) is 0. The van der Waals surface area contributed by atoms with Crippen molar-refractivity contribution in [1.82, 2.24) is 0 Å². The molecule has 2 aliphatic heterocycles. The summed E-state index contributed by atoms with van der Waals surface area (Å²) in [4.78, 5) is 15.7. The second-order valence-electron chi connectivity index (χ2n) is 6.89. The summed E-state index contributed by atoms with van der Waals surface area (Å²) in [6.07, 6.45) is -0.707. The van der Waals surface area contributed by atoms with E-state index in [1.807, 2.05) is 42.7 Å². The van der Waals surface area contributed by atoms with Gasteiger partial charge in [-0.25, -0.2) is 4.79 Å².